The Labute approximate surface area is 154 Å². The van der Waals surface area contributed by atoms with Gasteiger partial charge in [-0.3, -0.25) is 0 Å². The SMILES string of the molecule is CN(C1=CC([Si](C)(C)NC(C)(C)C)C2C=CC=CC12)c1ccccc1. The van der Waals surface area contributed by atoms with Gasteiger partial charge in [-0.1, -0.05) is 61.7 Å². The van der Waals surface area contributed by atoms with E-state index in [4.69, 9.17) is 0 Å². The second kappa shape index (κ2) is 6.62. The summed E-state index contributed by atoms with van der Waals surface area (Å²) in [5.41, 5.74) is 3.46. The first-order chi connectivity index (χ1) is 11.7. The fraction of sp³-hybridized carbons (Fsp3) is 0.455. The largest absolute Gasteiger partial charge is 0.348 e. The van der Waals surface area contributed by atoms with Crippen LogP contribution in [0.4, 0.5) is 5.69 Å². The van der Waals surface area contributed by atoms with Gasteiger partial charge in [-0.15, -0.1) is 0 Å². The lowest BCUT2D eigenvalue weighted by atomic mass is 9.89. The number of para-hydroxylation sites is 1. The molecule has 0 heterocycles. The van der Waals surface area contributed by atoms with Crippen LogP contribution in [0.15, 0.2) is 66.4 Å². The Hall–Kier alpha value is -1.58. The van der Waals surface area contributed by atoms with Gasteiger partial charge in [0.15, 0.2) is 0 Å². The van der Waals surface area contributed by atoms with Gasteiger partial charge in [0.25, 0.3) is 0 Å². The first-order valence-corrected chi connectivity index (χ1v) is 12.4. The van der Waals surface area contributed by atoms with Gasteiger partial charge >= 0.3 is 0 Å². The van der Waals surface area contributed by atoms with Gasteiger partial charge in [0.2, 0.25) is 0 Å². The Morgan fingerprint density at radius 3 is 2.28 bits per heavy atom. The maximum Gasteiger partial charge on any atom is 0.127 e. The molecule has 0 amide bonds. The second-order valence-electron chi connectivity index (χ2n) is 8.98. The zero-order valence-corrected chi connectivity index (χ0v) is 17.5. The fourth-order valence-electron chi connectivity index (χ4n) is 4.54. The van der Waals surface area contributed by atoms with E-state index in [1.54, 1.807) is 0 Å². The molecule has 2 nitrogen and oxygen atoms in total. The van der Waals surface area contributed by atoms with Crippen LogP contribution >= 0.6 is 0 Å². The Morgan fingerprint density at radius 2 is 1.64 bits per heavy atom. The zero-order chi connectivity index (χ0) is 18.2. The molecule has 3 heteroatoms. The average Bonchev–Trinajstić information content (AvgIpc) is 2.93. The maximum atomic E-state index is 3.99. The van der Waals surface area contributed by atoms with Crippen molar-refractivity contribution in [1.82, 2.24) is 4.98 Å². The van der Waals surface area contributed by atoms with E-state index in [0.717, 1.165) is 0 Å². The monoisotopic (exact) mass is 352 g/mol. The third-order valence-electron chi connectivity index (χ3n) is 5.35. The highest BCUT2D eigenvalue weighted by molar-refractivity contribution is 6.77. The first kappa shape index (κ1) is 18.2. The fourth-order valence-corrected chi connectivity index (χ4v) is 8.51. The van der Waals surface area contributed by atoms with Crippen LogP contribution in [0.1, 0.15) is 20.8 Å². The summed E-state index contributed by atoms with van der Waals surface area (Å²) in [4.78, 5) is 6.37. The minimum atomic E-state index is -1.64. The molecule has 0 bridgehead atoms. The summed E-state index contributed by atoms with van der Waals surface area (Å²) < 4.78 is 0. The van der Waals surface area contributed by atoms with Crippen molar-refractivity contribution >= 4 is 13.9 Å². The molecule has 3 unspecified atom stereocenters. The van der Waals surface area contributed by atoms with Crippen LogP contribution < -0.4 is 9.88 Å². The number of nitrogens with one attached hydrogen (secondary N) is 1. The molecule has 3 rings (SSSR count). The van der Waals surface area contributed by atoms with Crippen molar-refractivity contribution < 1.29 is 0 Å². The molecule has 3 atom stereocenters. The number of fused-ring (bicyclic) bond motifs is 1. The molecule has 1 aromatic rings. The standard InChI is InChI=1S/C22H32N2Si/c1-22(2,3)23-25(5,6)21-16-20(18-14-10-11-15-19(18)21)24(4)17-12-8-7-9-13-17/h7-16,18-19,21,23H,1-6H3. The number of benzene rings is 1. The quantitative estimate of drug-likeness (QED) is 0.736. The lowest BCUT2D eigenvalue weighted by Gasteiger charge is -2.40. The molecule has 1 aromatic carbocycles. The van der Waals surface area contributed by atoms with Gasteiger partial charge in [0, 0.05) is 29.9 Å². The van der Waals surface area contributed by atoms with Crippen molar-refractivity contribution in [3.8, 4) is 0 Å². The predicted molar refractivity (Wildman–Crippen MR) is 112 cm³/mol. The van der Waals surface area contributed by atoms with Gasteiger partial charge < -0.3 is 9.88 Å². The highest BCUT2D eigenvalue weighted by atomic mass is 28.3. The minimum Gasteiger partial charge on any atom is -0.348 e. The van der Waals surface area contributed by atoms with E-state index in [-0.39, 0.29) is 5.54 Å². The minimum absolute atomic E-state index is 0.154. The molecular formula is C22H32N2Si. The Balaban J connectivity index is 1.95. The number of anilines is 1. The van der Waals surface area contributed by atoms with E-state index in [1.807, 2.05) is 0 Å². The summed E-state index contributed by atoms with van der Waals surface area (Å²) in [6.07, 6.45) is 11.8. The highest BCUT2D eigenvalue weighted by Crippen LogP contribution is 2.49. The number of hydrogen-bond acceptors (Lipinski definition) is 2. The van der Waals surface area contributed by atoms with Gasteiger partial charge in [0.1, 0.15) is 8.24 Å². The van der Waals surface area contributed by atoms with E-state index in [0.29, 0.717) is 17.4 Å². The van der Waals surface area contributed by atoms with E-state index >= 15 is 0 Å². The number of rotatable bonds is 4. The van der Waals surface area contributed by atoms with E-state index in [2.05, 4.69) is 112 Å². The van der Waals surface area contributed by atoms with Crippen molar-refractivity contribution in [2.75, 3.05) is 11.9 Å². The molecule has 0 saturated carbocycles. The van der Waals surface area contributed by atoms with Crippen LogP contribution in [0.2, 0.25) is 18.6 Å². The van der Waals surface area contributed by atoms with Crippen molar-refractivity contribution in [3.63, 3.8) is 0 Å². The second-order valence-corrected chi connectivity index (χ2v) is 13.3. The van der Waals surface area contributed by atoms with Gasteiger partial charge in [-0.25, -0.2) is 0 Å². The molecule has 134 valence electrons. The molecule has 0 radical (unpaired) electrons. The lowest BCUT2D eigenvalue weighted by molar-refractivity contribution is 0.492. The van der Waals surface area contributed by atoms with Gasteiger partial charge in [-0.05, 0) is 44.4 Å². The van der Waals surface area contributed by atoms with Crippen LogP contribution in [0.3, 0.4) is 0 Å². The van der Waals surface area contributed by atoms with Crippen LogP contribution in [0.25, 0.3) is 0 Å². The zero-order valence-electron chi connectivity index (χ0n) is 16.5. The predicted octanol–water partition coefficient (Wildman–Crippen LogP) is 5.34. The van der Waals surface area contributed by atoms with Crippen LogP contribution in [0, 0.1) is 11.8 Å². The van der Waals surface area contributed by atoms with Crippen molar-refractivity contribution in [3.05, 3.63) is 66.4 Å². The van der Waals surface area contributed by atoms with Gasteiger partial charge in [0.05, 0.1) is 0 Å². The molecule has 0 aliphatic heterocycles. The summed E-state index contributed by atoms with van der Waals surface area (Å²) >= 11 is 0. The maximum absolute atomic E-state index is 3.99. The summed E-state index contributed by atoms with van der Waals surface area (Å²) in [6.45, 7) is 11.8. The first-order valence-electron chi connectivity index (χ1n) is 9.34. The lowest BCUT2D eigenvalue weighted by Crippen LogP contribution is -2.57. The Kier molecular flexibility index (Phi) is 4.82. The van der Waals surface area contributed by atoms with Gasteiger partial charge in [-0.2, -0.15) is 0 Å². The van der Waals surface area contributed by atoms with Crippen LogP contribution in [-0.4, -0.2) is 20.8 Å². The number of nitrogens with zero attached hydrogens (tertiary/aromatic N) is 1. The third kappa shape index (κ3) is 3.83. The summed E-state index contributed by atoms with van der Waals surface area (Å²) in [7, 11) is 0.566. The van der Waals surface area contributed by atoms with Crippen LogP contribution in [-0.2, 0) is 0 Å². The van der Waals surface area contributed by atoms with E-state index < -0.39 is 8.24 Å². The number of allylic oxidation sites excluding steroid dienone is 5. The molecular weight excluding hydrogens is 320 g/mol. The Morgan fingerprint density at radius 1 is 1.00 bits per heavy atom. The van der Waals surface area contributed by atoms with E-state index in [1.165, 1.54) is 11.4 Å². The molecule has 1 N–H and O–H groups in total. The molecule has 0 aromatic heterocycles. The molecule has 2 aliphatic rings. The molecule has 0 saturated heterocycles. The highest BCUT2D eigenvalue weighted by Gasteiger charge is 2.46. The van der Waals surface area contributed by atoms with Crippen molar-refractivity contribution in [2.45, 2.75) is 44.9 Å². The average molecular weight is 353 g/mol. The molecule has 0 fully saturated rings. The topological polar surface area (TPSA) is 15.3 Å². The molecule has 0 spiro atoms. The smallest absolute Gasteiger partial charge is 0.127 e. The molecule has 2 aliphatic carbocycles. The van der Waals surface area contributed by atoms with Crippen molar-refractivity contribution in [2.24, 2.45) is 11.8 Å². The Bertz CT molecular complexity index is 694. The van der Waals surface area contributed by atoms with Crippen molar-refractivity contribution in [1.29, 1.82) is 0 Å². The normalized spacial score (nSPS) is 25.7. The number of hydrogen-bond donors (Lipinski definition) is 1. The van der Waals surface area contributed by atoms with E-state index in [9.17, 15) is 0 Å². The van der Waals surface area contributed by atoms with Crippen LogP contribution in [0.5, 0.6) is 0 Å². The summed E-state index contributed by atoms with van der Waals surface area (Å²) in [5, 5.41) is 0. The molecule has 25 heavy (non-hydrogen) atoms. The summed E-state index contributed by atoms with van der Waals surface area (Å²) in [5.74, 6) is 1.05. The summed E-state index contributed by atoms with van der Waals surface area (Å²) in [6, 6.07) is 10.7. The third-order valence-corrected chi connectivity index (χ3v) is 8.96.